The van der Waals surface area contributed by atoms with Gasteiger partial charge in [0.2, 0.25) is 0 Å². The Morgan fingerprint density at radius 1 is 0.378 bits per heavy atom. The molecule has 0 unspecified atom stereocenters. The van der Waals surface area contributed by atoms with Crippen LogP contribution in [0.25, 0.3) is 38.8 Å². The molecule has 0 amide bonds. The van der Waals surface area contributed by atoms with Crippen molar-refractivity contribution in [3.05, 3.63) is 264 Å². The molecule has 0 spiro atoms. The van der Waals surface area contributed by atoms with Crippen LogP contribution >= 0.6 is 0 Å². The van der Waals surface area contributed by atoms with Crippen molar-refractivity contribution in [1.29, 1.82) is 0 Å². The average Bonchev–Trinajstić information content (AvgIpc) is 4.06. The molecule has 10 aromatic rings. The first kappa shape index (κ1) is 48.1. The highest BCUT2D eigenvalue weighted by molar-refractivity contribution is 6.10. The molecule has 5 nitrogen and oxygen atoms in total. The lowest BCUT2D eigenvalue weighted by Gasteiger charge is -2.33. The van der Waals surface area contributed by atoms with Crippen LogP contribution in [0, 0.1) is 0 Å². The lowest BCUT2D eigenvalue weighted by atomic mass is 9.73. The second-order valence-corrected chi connectivity index (χ2v) is 22.7. The highest BCUT2D eigenvalue weighted by atomic mass is 16.5. The number of rotatable bonds is 12. The van der Waals surface area contributed by atoms with Crippen LogP contribution in [0.1, 0.15) is 101 Å². The van der Waals surface area contributed by atoms with E-state index in [1.807, 2.05) is 6.20 Å². The fourth-order valence-corrected chi connectivity index (χ4v) is 10.8. The number of fused-ring (bicyclic) bond motifs is 3. The van der Waals surface area contributed by atoms with Crippen molar-refractivity contribution in [2.45, 2.75) is 84.0 Å². The number of nitrogens with zero attached hydrogens (tertiary/aromatic N) is 4. The topological polar surface area (TPSA) is 33.5 Å². The van der Waals surface area contributed by atoms with Crippen LogP contribution in [-0.4, -0.2) is 16.2 Å². The summed E-state index contributed by atoms with van der Waals surface area (Å²) in [7, 11) is 0. The van der Waals surface area contributed by atoms with E-state index >= 15 is 0 Å². The molecule has 3 heterocycles. The molecular formula is C69H66N4O. The van der Waals surface area contributed by atoms with Gasteiger partial charge in [-0.25, -0.2) is 4.98 Å². The molecule has 2 aromatic heterocycles. The number of hydrogen-bond acceptors (Lipinski definition) is 4. The van der Waals surface area contributed by atoms with Crippen molar-refractivity contribution < 1.29 is 4.74 Å². The molecule has 1 aliphatic heterocycles. The molecule has 11 rings (SSSR count). The summed E-state index contributed by atoms with van der Waals surface area (Å²) >= 11 is 0. The van der Waals surface area contributed by atoms with Crippen molar-refractivity contribution in [3.8, 4) is 28.4 Å². The summed E-state index contributed by atoms with van der Waals surface area (Å²) in [6.07, 6.45) is 6.35. The highest BCUT2D eigenvalue weighted by Gasteiger charge is 2.31. The van der Waals surface area contributed by atoms with Gasteiger partial charge >= 0.3 is 0 Å². The van der Waals surface area contributed by atoms with Crippen LogP contribution in [0.15, 0.2) is 225 Å². The van der Waals surface area contributed by atoms with Gasteiger partial charge in [-0.15, -0.1) is 0 Å². The van der Waals surface area contributed by atoms with Crippen LogP contribution in [0.4, 0.5) is 11.4 Å². The predicted octanol–water partition coefficient (Wildman–Crippen LogP) is 17.7. The zero-order chi connectivity index (χ0) is 51.4. The third kappa shape index (κ3) is 9.06. The molecule has 74 heavy (non-hydrogen) atoms. The second kappa shape index (κ2) is 18.7. The first-order chi connectivity index (χ1) is 35.5. The molecule has 1 aliphatic rings. The third-order valence-electron chi connectivity index (χ3n) is 15.8. The van der Waals surface area contributed by atoms with E-state index < -0.39 is 0 Å². The van der Waals surface area contributed by atoms with Crippen LogP contribution in [0.5, 0.6) is 11.5 Å². The maximum atomic E-state index is 7.05. The zero-order valence-corrected chi connectivity index (χ0v) is 44.3. The summed E-state index contributed by atoms with van der Waals surface area (Å²) in [4.78, 5) is 9.71. The molecule has 5 heteroatoms. The van der Waals surface area contributed by atoms with Gasteiger partial charge in [-0.1, -0.05) is 196 Å². The van der Waals surface area contributed by atoms with Gasteiger partial charge in [0.15, 0.2) is 0 Å². The van der Waals surface area contributed by atoms with E-state index in [2.05, 4.69) is 295 Å². The van der Waals surface area contributed by atoms with E-state index in [9.17, 15) is 0 Å². The summed E-state index contributed by atoms with van der Waals surface area (Å²) in [6.45, 7) is 21.4. The molecule has 0 aliphatic carbocycles. The molecule has 368 valence electrons. The maximum Gasteiger partial charge on any atom is 0.137 e. The first-order valence-electron chi connectivity index (χ1n) is 26.0. The standard InChI is InChI=1S/C69H66N4O/c1-66(2,3)53-34-35-70-65(44-53)73-63-33-30-54(67(4,5)50-24-16-11-17-25-50)43-62(63)61-32-31-59(46-64(61)73)74-60-39-49(48-22-14-10-15-23-48)38-57(45-60)71-36-37-72(47-71)58-41-55(68(6,7)51-26-18-12-19-27-51)40-56(42-58)69(8,9)52-28-20-13-21-29-52/h10-46H,47H2,1-9H3. The molecule has 0 bridgehead atoms. The van der Waals surface area contributed by atoms with Crippen molar-refractivity contribution in [1.82, 2.24) is 9.55 Å². The number of pyridine rings is 1. The van der Waals surface area contributed by atoms with Crippen molar-refractivity contribution in [2.75, 3.05) is 16.5 Å². The van der Waals surface area contributed by atoms with E-state index in [4.69, 9.17) is 9.72 Å². The number of hydrogen-bond donors (Lipinski definition) is 0. The summed E-state index contributed by atoms with van der Waals surface area (Å²) in [5.41, 5.74) is 14.7. The van der Waals surface area contributed by atoms with E-state index in [-0.39, 0.29) is 21.7 Å². The minimum absolute atomic E-state index is 0.0494. The molecule has 0 N–H and O–H groups in total. The number of ether oxygens (including phenoxy) is 1. The Bertz CT molecular complexity index is 3610. The molecule has 0 saturated heterocycles. The lowest BCUT2D eigenvalue weighted by molar-refractivity contribution is 0.483. The zero-order valence-electron chi connectivity index (χ0n) is 44.3. The lowest BCUT2D eigenvalue weighted by Crippen LogP contribution is -2.27. The molecule has 8 aromatic carbocycles. The van der Waals surface area contributed by atoms with Crippen LogP contribution in [-0.2, 0) is 21.7 Å². The van der Waals surface area contributed by atoms with Gasteiger partial charge < -0.3 is 14.5 Å². The van der Waals surface area contributed by atoms with Gasteiger partial charge in [-0.2, -0.15) is 0 Å². The van der Waals surface area contributed by atoms with Gasteiger partial charge in [0.05, 0.1) is 17.7 Å². The van der Waals surface area contributed by atoms with E-state index in [1.165, 1.54) is 44.3 Å². The summed E-state index contributed by atoms with van der Waals surface area (Å²) < 4.78 is 9.36. The largest absolute Gasteiger partial charge is 0.457 e. The van der Waals surface area contributed by atoms with Gasteiger partial charge in [0, 0.05) is 69.1 Å². The predicted molar refractivity (Wildman–Crippen MR) is 310 cm³/mol. The normalized spacial score (nSPS) is 13.3. The van der Waals surface area contributed by atoms with E-state index in [0.29, 0.717) is 6.67 Å². The molecule has 0 fully saturated rings. The Balaban J connectivity index is 0.981. The third-order valence-corrected chi connectivity index (χ3v) is 15.8. The maximum absolute atomic E-state index is 7.05. The Labute approximate surface area is 438 Å². The fourth-order valence-electron chi connectivity index (χ4n) is 10.8. The van der Waals surface area contributed by atoms with Crippen molar-refractivity contribution >= 4 is 33.2 Å². The quantitative estimate of drug-likeness (QED) is 0.122. The second-order valence-electron chi connectivity index (χ2n) is 22.7. The Morgan fingerprint density at radius 3 is 1.49 bits per heavy atom. The summed E-state index contributed by atoms with van der Waals surface area (Å²) in [6, 6.07) is 74.8. The SMILES string of the molecule is CC(C)(C)c1ccnc(-n2c3ccc(C(C)(C)c4ccccc4)cc3c3ccc(Oc4cc(-c5ccccc5)cc(N5C=CN(c6cc(C(C)(C)c7ccccc7)cc(C(C)(C)c7ccccc7)c6)C5)c4)cc32)c1. The van der Waals surface area contributed by atoms with E-state index in [0.717, 1.165) is 56.2 Å². The van der Waals surface area contributed by atoms with Gasteiger partial charge in [0.1, 0.15) is 17.3 Å². The smallest absolute Gasteiger partial charge is 0.137 e. The van der Waals surface area contributed by atoms with Crippen LogP contribution < -0.4 is 14.5 Å². The summed E-state index contributed by atoms with van der Waals surface area (Å²) in [5, 5.41) is 2.33. The fraction of sp³-hybridized carbons (Fsp3) is 0.203. The van der Waals surface area contributed by atoms with Crippen molar-refractivity contribution in [2.24, 2.45) is 0 Å². The molecule has 0 radical (unpaired) electrons. The Kier molecular flexibility index (Phi) is 12.2. The Hall–Kier alpha value is -8.15. The Morgan fingerprint density at radius 2 is 0.919 bits per heavy atom. The monoisotopic (exact) mass is 967 g/mol. The number of aromatic nitrogens is 2. The summed E-state index contributed by atoms with van der Waals surface area (Å²) in [5.74, 6) is 2.39. The first-order valence-corrected chi connectivity index (χ1v) is 26.0. The molecule has 0 saturated carbocycles. The minimum atomic E-state index is -0.231. The highest BCUT2D eigenvalue weighted by Crippen LogP contribution is 2.43. The molecular weight excluding hydrogens is 901 g/mol. The number of anilines is 2. The number of benzene rings is 8. The van der Waals surface area contributed by atoms with E-state index in [1.54, 1.807) is 0 Å². The molecule has 0 atom stereocenters. The van der Waals surface area contributed by atoms with Gasteiger partial charge in [-0.05, 0) is 116 Å². The van der Waals surface area contributed by atoms with Gasteiger partial charge in [0.25, 0.3) is 0 Å². The van der Waals surface area contributed by atoms with Crippen LogP contribution in [0.2, 0.25) is 0 Å². The minimum Gasteiger partial charge on any atom is -0.457 e. The van der Waals surface area contributed by atoms with Crippen molar-refractivity contribution in [3.63, 3.8) is 0 Å². The average molecular weight is 967 g/mol. The van der Waals surface area contributed by atoms with Gasteiger partial charge in [-0.3, -0.25) is 4.57 Å². The van der Waals surface area contributed by atoms with Crippen LogP contribution in [0.3, 0.4) is 0 Å².